The molecule has 27 heavy (non-hydrogen) atoms. The van der Waals surface area contributed by atoms with Gasteiger partial charge in [-0.25, -0.2) is 4.98 Å². The average Bonchev–Trinajstić information content (AvgIpc) is 3.49. The van der Waals surface area contributed by atoms with Gasteiger partial charge >= 0.3 is 0 Å². The van der Waals surface area contributed by atoms with Crippen molar-refractivity contribution in [2.24, 2.45) is 5.92 Å². The van der Waals surface area contributed by atoms with Crippen molar-refractivity contribution in [3.05, 3.63) is 21.6 Å². The molecule has 1 aromatic heterocycles. The minimum atomic E-state index is -0.162. The first-order valence-electron chi connectivity index (χ1n) is 9.90. The Morgan fingerprint density at radius 2 is 2.15 bits per heavy atom. The second-order valence-corrected chi connectivity index (χ2v) is 7.27. The molecule has 8 heteroatoms. The van der Waals surface area contributed by atoms with Gasteiger partial charge in [0, 0.05) is 50.5 Å². The van der Waals surface area contributed by atoms with Gasteiger partial charge in [0.2, 0.25) is 11.9 Å². The smallest absolute Gasteiger partial charge is 0.255 e. The summed E-state index contributed by atoms with van der Waals surface area (Å²) in [6, 6.07) is 0. The zero-order valence-corrected chi connectivity index (χ0v) is 16.1. The predicted molar refractivity (Wildman–Crippen MR) is 102 cm³/mol. The molecule has 3 rings (SSSR count). The first kappa shape index (κ1) is 19.8. The summed E-state index contributed by atoms with van der Waals surface area (Å²) in [6.07, 6.45) is 4.07. The highest BCUT2D eigenvalue weighted by Gasteiger charge is 2.21. The van der Waals surface area contributed by atoms with Crippen LogP contribution in [-0.4, -0.2) is 61.9 Å². The van der Waals surface area contributed by atoms with E-state index in [0.29, 0.717) is 63.1 Å². The molecule has 0 radical (unpaired) electrons. The van der Waals surface area contributed by atoms with Crippen LogP contribution in [0.5, 0.6) is 0 Å². The number of amides is 1. The number of carbonyl (C=O) groups is 1. The number of anilines is 1. The fraction of sp³-hybridized carbons (Fsp3) is 0.737. The molecule has 0 atom stereocenters. The number of aryl methyl sites for hydroxylation is 1. The number of hydrogen-bond acceptors (Lipinski definition) is 6. The van der Waals surface area contributed by atoms with Gasteiger partial charge in [0.1, 0.15) is 0 Å². The molecule has 0 aromatic carbocycles. The van der Waals surface area contributed by atoms with Gasteiger partial charge in [0.15, 0.2) is 0 Å². The lowest BCUT2D eigenvalue weighted by molar-refractivity contribution is -0.121. The number of aromatic amines is 1. The molecule has 150 valence electrons. The highest BCUT2D eigenvalue weighted by Crippen LogP contribution is 2.28. The van der Waals surface area contributed by atoms with E-state index >= 15 is 0 Å². The third-order valence-electron chi connectivity index (χ3n) is 4.96. The molecule has 2 fully saturated rings. The van der Waals surface area contributed by atoms with Crippen LogP contribution in [0.25, 0.3) is 0 Å². The van der Waals surface area contributed by atoms with Gasteiger partial charge in [-0.1, -0.05) is 0 Å². The van der Waals surface area contributed by atoms with Crippen LogP contribution >= 0.6 is 0 Å². The van der Waals surface area contributed by atoms with Gasteiger partial charge in [-0.05, 0) is 38.5 Å². The molecule has 1 aliphatic heterocycles. The van der Waals surface area contributed by atoms with Crippen LogP contribution in [0, 0.1) is 12.8 Å². The molecule has 2 aliphatic rings. The van der Waals surface area contributed by atoms with Crippen LogP contribution in [0.15, 0.2) is 4.79 Å². The Morgan fingerprint density at radius 1 is 1.37 bits per heavy atom. The fourth-order valence-corrected chi connectivity index (χ4v) is 3.08. The fourth-order valence-electron chi connectivity index (χ4n) is 3.08. The Bertz CT molecular complexity index is 681. The van der Waals surface area contributed by atoms with Crippen molar-refractivity contribution >= 4 is 11.9 Å². The van der Waals surface area contributed by atoms with Crippen LogP contribution in [0.4, 0.5) is 5.95 Å². The highest BCUT2D eigenvalue weighted by molar-refractivity contribution is 5.76. The summed E-state index contributed by atoms with van der Waals surface area (Å²) in [4.78, 5) is 33.8. The third-order valence-corrected chi connectivity index (χ3v) is 4.96. The minimum Gasteiger partial charge on any atom is -0.381 e. The predicted octanol–water partition coefficient (Wildman–Crippen LogP) is 0.780. The van der Waals surface area contributed by atoms with E-state index in [1.807, 2.05) is 11.8 Å². The quantitative estimate of drug-likeness (QED) is 0.584. The first-order chi connectivity index (χ1) is 13.1. The summed E-state index contributed by atoms with van der Waals surface area (Å²) in [5.74, 6) is 1.30. The van der Waals surface area contributed by atoms with Gasteiger partial charge in [-0.3, -0.25) is 14.6 Å². The Hall–Kier alpha value is -1.93. The van der Waals surface area contributed by atoms with Crippen molar-refractivity contribution in [3.8, 4) is 0 Å². The molecule has 2 N–H and O–H groups in total. The summed E-state index contributed by atoms with van der Waals surface area (Å²) >= 11 is 0. The van der Waals surface area contributed by atoms with E-state index in [9.17, 15) is 9.59 Å². The molecular weight excluding hydrogens is 348 g/mol. The number of hydrogen-bond donors (Lipinski definition) is 2. The van der Waals surface area contributed by atoms with E-state index in [-0.39, 0.29) is 17.9 Å². The van der Waals surface area contributed by atoms with Crippen molar-refractivity contribution in [2.75, 3.05) is 51.0 Å². The molecule has 0 spiro atoms. The Morgan fingerprint density at radius 3 is 2.85 bits per heavy atom. The van der Waals surface area contributed by atoms with Crippen molar-refractivity contribution < 1.29 is 14.3 Å². The third kappa shape index (κ3) is 6.32. The monoisotopic (exact) mass is 378 g/mol. The van der Waals surface area contributed by atoms with Gasteiger partial charge in [-0.2, -0.15) is 0 Å². The molecule has 1 amide bonds. The molecule has 8 nitrogen and oxygen atoms in total. The van der Waals surface area contributed by atoms with E-state index in [2.05, 4.69) is 15.3 Å². The van der Waals surface area contributed by atoms with Crippen LogP contribution < -0.4 is 15.8 Å². The van der Waals surface area contributed by atoms with Crippen molar-refractivity contribution in [2.45, 2.75) is 39.0 Å². The number of ether oxygens (including phenoxy) is 2. The lowest BCUT2D eigenvalue weighted by Gasteiger charge is -2.27. The first-order valence-corrected chi connectivity index (χ1v) is 9.90. The van der Waals surface area contributed by atoms with Crippen LogP contribution in [0.2, 0.25) is 0 Å². The molecule has 1 aromatic rings. The van der Waals surface area contributed by atoms with E-state index in [4.69, 9.17) is 9.47 Å². The number of morpholine rings is 1. The number of aromatic nitrogens is 2. The summed E-state index contributed by atoms with van der Waals surface area (Å²) in [5, 5.41) is 2.88. The molecule has 0 unspecified atom stereocenters. The molecular formula is C19H30N4O4. The lowest BCUT2D eigenvalue weighted by atomic mass is 10.1. The van der Waals surface area contributed by atoms with Crippen molar-refractivity contribution in [3.63, 3.8) is 0 Å². The van der Waals surface area contributed by atoms with Crippen LogP contribution in [-0.2, 0) is 20.7 Å². The molecule has 2 heterocycles. The van der Waals surface area contributed by atoms with Gasteiger partial charge in [0.25, 0.3) is 5.56 Å². The SMILES string of the molecule is Cc1nc(N2CCOCC2)[nH]c(=O)c1CCC(=O)NCCCOCC1CC1. The van der Waals surface area contributed by atoms with Crippen LogP contribution in [0.3, 0.4) is 0 Å². The summed E-state index contributed by atoms with van der Waals surface area (Å²) in [7, 11) is 0. The second-order valence-electron chi connectivity index (χ2n) is 7.27. The van der Waals surface area contributed by atoms with Crippen molar-refractivity contribution in [1.29, 1.82) is 0 Å². The second kappa shape index (κ2) is 9.85. The van der Waals surface area contributed by atoms with Gasteiger partial charge in [0.05, 0.1) is 13.2 Å². The highest BCUT2D eigenvalue weighted by atomic mass is 16.5. The molecule has 0 bridgehead atoms. The number of nitrogens with one attached hydrogen (secondary N) is 2. The maximum atomic E-state index is 12.4. The van der Waals surface area contributed by atoms with Crippen molar-refractivity contribution in [1.82, 2.24) is 15.3 Å². The Balaban J connectivity index is 1.40. The zero-order valence-electron chi connectivity index (χ0n) is 16.1. The molecule has 1 saturated carbocycles. The average molecular weight is 378 g/mol. The molecule has 1 aliphatic carbocycles. The normalized spacial score (nSPS) is 17.1. The number of rotatable bonds is 10. The minimum absolute atomic E-state index is 0.0479. The zero-order chi connectivity index (χ0) is 19.1. The summed E-state index contributed by atoms with van der Waals surface area (Å²) in [6.45, 7) is 6.66. The largest absolute Gasteiger partial charge is 0.381 e. The maximum Gasteiger partial charge on any atom is 0.255 e. The van der Waals surface area contributed by atoms with E-state index < -0.39 is 0 Å². The van der Waals surface area contributed by atoms with E-state index in [1.165, 1.54) is 12.8 Å². The Kier molecular flexibility index (Phi) is 7.23. The standard InChI is InChI=1S/C19H30N4O4/c1-14-16(18(25)22-19(21-14)23-8-11-26-12-9-23)5-6-17(24)20-7-2-10-27-13-15-3-4-15/h15H,2-13H2,1H3,(H,20,24)(H,21,22,25). The van der Waals surface area contributed by atoms with Crippen LogP contribution in [0.1, 0.15) is 36.9 Å². The topological polar surface area (TPSA) is 96.6 Å². The number of nitrogens with zero attached hydrogens (tertiary/aromatic N) is 2. The lowest BCUT2D eigenvalue weighted by Crippen LogP contribution is -2.38. The Labute approximate surface area is 159 Å². The number of carbonyl (C=O) groups excluding carboxylic acids is 1. The maximum absolute atomic E-state index is 12.4. The molecule has 1 saturated heterocycles. The summed E-state index contributed by atoms with van der Waals surface area (Å²) in [5.41, 5.74) is 1.10. The van der Waals surface area contributed by atoms with Gasteiger partial charge < -0.3 is 19.7 Å². The number of H-pyrrole nitrogens is 1. The van der Waals surface area contributed by atoms with Gasteiger partial charge in [-0.15, -0.1) is 0 Å². The summed E-state index contributed by atoms with van der Waals surface area (Å²) < 4.78 is 10.9. The van der Waals surface area contributed by atoms with E-state index in [0.717, 1.165) is 18.9 Å². The van der Waals surface area contributed by atoms with E-state index in [1.54, 1.807) is 0 Å².